The lowest BCUT2D eigenvalue weighted by Crippen LogP contribution is -2.04. The second kappa shape index (κ2) is 4.47. The molecule has 1 N–H and O–H groups in total. The fraction of sp³-hybridized carbons (Fsp3) is 0.0909. The molecule has 17 heavy (non-hydrogen) atoms. The first kappa shape index (κ1) is 11.5. The molecule has 0 amide bonds. The van der Waals surface area contributed by atoms with Gasteiger partial charge in [0.15, 0.2) is 11.7 Å². The van der Waals surface area contributed by atoms with E-state index in [2.05, 4.69) is 9.72 Å². The van der Waals surface area contributed by atoms with Crippen molar-refractivity contribution < 1.29 is 19.1 Å². The molecule has 0 atom stereocenters. The third kappa shape index (κ3) is 2.57. The summed E-state index contributed by atoms with van der Waals surface area (Å²) >= 11 is 5.84. The molecule has 5 nitrogen and oxygen atoms in total. The number of hydrogen-bond acceptors (Lipinski definition) is 4. The number of carbonyl (C=O) groups is 1. The Bertz CT molecular complexity index is 564. The quantitative estimate of drug-likeness (QED) is 0.831. The van der Waals surface area contributed by atoms with Crippen LogP contribution in [0.4, 0.5) is 4.79 Å². The summed E-state index contributed by atoms with van der Waals surface area (Å²) in [6.45, 7) is 1.60. The number of aromatic nitrogens is 1. The zero-order chi connectivity index (χ0) is 12.4. The van der Waals surface area contributed by atoms with Gasteiger partial charge in [-0.15, -0.1) is 0 Å². The summed E-state index contributed by atoms with van der Waals surface area (Å²) in [5.41, 5.74) is 0.606. The van der Waals surface area contributed by atoms with E-state index in [4.69, 9.17) is 21.1 Å². The van der Waals surface area contributed by atoms with E-state index in [1.54, 1.807) is 31.2 Å². The largest absolute Gasteiger partial charge is 0.512 e. The monoisotopic (exact) mass is 253 g/mol. The van der Waals surface area contributed by atoms with Crippen LogP contribution in [0.3, 0.4) is 0 Å². The van der Waals surface area contributed by atoms with Crippen LogP contribution in [-0.2, 0) is 0 Å². The van der Waals surface area contributed by atoms with E-state index in [1.807, 2.05) is 0 Å². The number of oxazole rings is 1. The second-order valence-corrected chi connectivity index (χ2v) is 3.68. The summed E-state index contributed by atoms with van der Waals surface area (Å²) in [7, 11) is 0. The summed E-state index contributed by atoms with van der Waals surface area (Å²) in [5.74, 6) is 0.473. The molecule has 0 aliphatic rings. The van der Waals surface area contributed by atoms with Crippen LogP contribution >= 0.6 is 11.6 Å². The van der Waals surface area contributed by atoms with E-state index in [1.165, 1.54) is 0 Å². The van der Waals surface area contributed by atoms with Crippen molar-refractivity contribution in [3.05, 3.63) is 35.2 Å². The predicted molar refractivity (Wildman–Crippen MR) is 60.3 cm³/mol. The third-order valence-corrected chi connectivity index (χ3v) is 2.21. The summed E-state index contributed by atoms with van der Waals surface area (Å²) in [6.07, 6.45) is -1.44. The number of ether oxygens (including phenoxy) is 1. The Morgan fingerprint density at radius 1 is 1.53 bits per heavy atom. The van der Waals surface area contributed by atoms with E-state index in [9.17, 15) is 4.79 Å². The maximum Gasteiger partial charge on any atom is 0.512 e. The Balaban J connectivity index is 2.47. The minimum atomic E-state index is -1.44. The highest BCUT2D eigenvalue weighted by atomic mass is 35.5. The van der Waals surface area contributed by atoms with Gasteiger partial charge in [-0.25, -0.2) is 4.79 Å². The normalized spacial score (nSPS) is 10.2. The molecule has 0 saturated heterocycles. The molecular weight excluding hydrogens is 246 g/mol. The number of halogens is 1. The van der Waals surface area contributed by atoms with Crippen LogP contribution in [0.2, 0.25) is 5.02 Å². The summed E-state index contributed by atoms with van der Waals surface area (Å²) in [4.78, 5) is 14.3. The van der Waals surface area contributed by atoms with Crippen molar-refractivity contribution in [3.8, 4) is 17.2 Å². The summed E-state index contributed by atoms with van der Waals surface area (Å²) in [6, 6.07) is 6.78. The van der Waals surface area contributed by atoms with Gasteiger partial charge in [0.1, 0.15) is 0 Å². The fourth-order valence-electron chi connectivity index (χ4n) is 1.37. The Labute approximate surface area is 102 Å². The Morgan fingerprint density at radius 2 is 2.29 bits per heavy atom. The molecule has 0 spiro atoms. The third-order valence-electron chi connectivity index (χ3n) is 1.97. The lowest BCUT2D eigenvalue weighted by Gasteiger charge is -1.99. The van der Waals surface area contributed by atoms with E-state index >= 15 is 0 Å². The molecule has 0 bridgehead atoms. The van der Waals surface area contributed by atoms with Crippen molar-refractivity contribution in [2.24, 2.45) is 0 Å². The predicted octanol–water partition coefficient (Wildman–Crippen LogP) is 3.36. The highest BCUT2D eigenvalue weighted by Gasteiger charge is 2.17. The molecule has 0 aliphatic heterocycles. The minimum absolute atomic E-state index is 0.0859. The molecule has 0 radical (unpaired) electrons. The van der Waals surface area contributed by atoms with Crippen molar-refractivity contribution >= 4 is 17.8 Å². The minimum Gasteiger partial charge on any atom is -0.449 e. The number of benzene rings is 1. The first-order valence-electron chi connectivity index (χ1n) is 4.70. The van der Waals surface area contributed by atoms with Crippen molar-refractivity contribution in [1.29, 1.82) is 0 Å². The first-order valence-corrected chi connectivity index (χ1v) is 5.08. The van der Waals surface area contributed by atoms with Gasteiger partial charge in [0, 0.05) is 17.5 Å². The van der Waals surface area contributed by atoms with Crippen LogP contribution in [0.1, 0.15) is 5.89 Å². The van der Waals surface area contributed by atoms with Crippen molar-refractivity contribution in [2.45, 2.75) is 6.92 Å². The Kier molecular flexibility index (Phi) is 3.01. The van der Waals surface area contributed by atoms with Gasteiger partial charge < -0.3 is 14.3 Å². The van der Waals surface area contributed by atoms with Crippen LogP contribution in [0.5, 0.6) is 5.88 Å². The van der Waals surface area contributed by atoms with E-state index < -0.39 is 6.16 Å². The molecule has 0 unspecified atom stereocenters. The van der Waals surface area contributed by atoms with E-state index in [0.29, 0.717) is 16.5 Å². The van der Waals surface area contributed by atoms with E-state index in [-0.39, 0.29) is 11.6 Å². The lowest BCUT2D eigenvalue weighted by atomic mass is 10.2. The number of nitrogens with zero attached hydrogens (tertiary/aromatic N) is 1. The van der Waals surface area contributed by atoms with Gasteiger partial charge in [-0.3, -0.25) is 0 Å². The van der Waals surface area contributed by atoms with Crippen LogP contribution in [0.25, 0.3) is 11.3 Å². The standard InChI is InChI=1S/C11H8ClNO4/c1-6-13-10(17-11(14)15)9(16-6)7-3-2-4-8(12)5-7/h2-5H,1H3,(H,14,15). The van der Waals surface area contributed by atoms with Crippen molar-refractivity contribution in [1.82, 2.24) is 4.98 Å². The maximum atomic E-state index is 10.5. The Morgan fingerprint density at radius 3 is 2.94 bits per heavy atom. The van der Waals surface area contributed by atoms with Gasteiger partial charge in [-0.05, 0) is 12.1 Å². The highest BCUT2D eigenvalue weighted by Crippen LogP contribution is 2.31. The highest BCUT2D eigenvalue weighted by molar-refractivity contribution is 6.30. The molecule has 6 heteroatoms. The average Bonchev–Trinajstić information content (AvgIpc) is 2.58. The number of hydrogen-bond donors (Lipinski definition) is 1. The zero-order valence-electron chi connectivity index (χ0n) is 8.81. The number of rotatable bonds is 2. The van der Waals surface area contributed by atoms with Crippen molar-refractivity contribution in [3.63, 3.8) is 0 Å². The molecule has 1 aromatic carbocycles. The van der Waals surface area contributed by atoms with E-state index in [0.717, 1.165) is 0 Å². The second-order valence-electron chi connectivity index (χ2n) is 3.25. The SMILES string of the molecule is Cc1nc(OC(=O)O)c(-c2cccc(Cl)c2)o1. The molecule has 88 valence electrons. The molecule has 0 saturated carbocycles. The molecule has 0 aliphatic carbocycles. The van der Waals surface area contributed by atoms with Crippen LogP contribution < -0.4 is 4.74 Å². The smallest absolute Gasteiger partial charge is 0.449 e. The molecule has 2 aromatic rings. The van der Waals surface area contributed by atoms with Crippen LogP contribution in [-0.4, -0.2) is 16.2 Å². The number of carboxylic acid groups (broad SMARTS) is 1. The average molecular weight is 254 g/mol. The first-order chi connectivity index (χ1) is 8.06. The van der Waals surface area contributed by atoms with Crippen molar-refractivity contribution in [2.75, 3.05) is 0 Å². The molecule has 1 aromatic heterocycles. The zero-order valence-corrected chi connectivity index (χ0v) is 9.56. The van der Waals surface area contributed by atoms with Crippen LogP contribution in [0, 0.1) is 6.92 Å². The topological polar surface area (TPSA) is 72.6 Å². The van der Waals surface area contributed by atoms with Gasteiger partial charge in [-0.2, -0.15) is 4.98 Å². The molecule has 0 fully saturated rings. The Hall–Kier alpha value is -2.01. The van der Waals surface area contributed by atoms with Gasteiger partial charge in [0.25, 0.3) is 5.88 Å². The van der Waals surface area contributed by atoms with Gasteiger partial charge in [0.05, 0.1) is 0 Å². The number of aryl methyl sites for hydroxylation is 1. The fourth-order valence-corrected chi connectivity index (χ4v) is 1.56. The summed E-state index contributed by atoms with van der Waals surface area (Å²) in [5, 5.41) is 9.08. The van der Waals surface area contributed by atoms with Gasteiger partial charge in [-0.1, -0.05) is 23.7 Å². The lowest BCUT2D eigenvalue weighted by molar-refractivity contribution is 0.143. The summed E-state index contributed by atoms with van der Waals surface area (Å²) < 4.78 is 9.83. The molecular formula is C11H8ClNO4. The van der Waals surface area contributed by atoms with Gasteiger partial charge >= 0.3 is 6.16 Å². The maximum absolute atomic E-state index is 10.5. The van der Waals surface area contributed by atoms with Crippen LogP contribution in [0.15, 0.2) is 28.7 Å². The molecule has 2 rings (SSSR count). The van der Waals surface area contributed by atoms with Gasteiger partial charge in [0.2, 0.25) is 0 Å². The molecule has 1 heterocycles.